The van der Waals surface area contributed by atoms with Gasteiger partial charge in [-0.15, -0.1) is 0 Å². The topological polar surface area (TPSA) is 66.5 Å². The number of anilines is 1. The minimum absolute atomic E-state index is 0.209. The number of rotatable bonds is 10. The van der Waals surface area contributed by atoms with Gasteiger partial charge in [-0.05, 0) is 72.4 Å². The van der Waals surface area contributed by atoms with Crippen LogP contribution in [0.2, 0.25) is 5.02 Å². The number of amides is 2. The van der Waals surface area contributed by atoms with Crippen molar-refractivity contribution in [3.05, 3.63) is 88.4 Å². The second-order valence-corrected chi connectivity index (χ2v) is 11.6. The molecule has 0 unspecified atom stereocenters. The van der Waals surface area contributed by atoms with Gasteiger partial charge in [0.25, 0.3) is 11.8 Å². The summed E-state index contributed by atoms with van der Waals surface area (Å²) in [4.78, 5) is 29.2. The smallest absolute Gasteiger partial charge is 0.259 e. The van der Waals surface area contributed by atoms with E-state index in [-0.39, 0.29) is 18.4 Å². The summed E-state index contributed by atoms with van der Waals surface area (Å²) in [6.45, 7) is 2.99. The molecule has 1 N–H and O–H groups in total. The van der Waals surface area contributed by atoms with Crippen LogP contribution in [0.3, 0.4) is 0 Å². The third-order valence-electron chi connectivity index (χ3n) is 5.90. The van der Waals surface area contributed by atoms with Crippen molar-refractivity contribution in [2.75, 3.05) is 23.0 Å². The molecule has 4 rings (SSSR count). The van der Waals surface area contributed by atoms with Crippen LogP contribution in [0.4, 0.5) is 5.69 Å². The number of thioether (sulfide) groups is 1. The largest absolute Gasteiger partial charge is 0.352 e. The van der Waals surface area contributed by atoms with Gasteiger partial charge >= 0.3 is 0 Å². The van der Waals surface area contributed by atoms with Crippen LogP contribution < -0.4 is 10.2 Å². The molecule has 1 aliphatic heterocycles. The van der Waals surface area contributed by atoms with Crippen LogP contribution in [0.15, 0.2) is 76.5 Å². The van der Waals surface area contributed by atoms with Crippen LogP contribution in [0.5, 0.6) is 0 Å². The molecule has 0 saturated carbocycles. The van der Waals surface area contributed by atoms with Gasteiger partial charge in [0, 0.05) is 17.1 Å². The van der Waals surface area contributed by atoms with E-state index in [0.717, 1.165) is 23.5 Å². The first kappa shape index (κ1) is 26.5. The van der Waals surface area contributed by atoms with Gasteiger partial charge in [-0.25, -0.2) is 4.21 Å². The lowest BCUT2D eigenvalue weighted by atomic mass is 10.1. The molecule has 36 heavy (non-hydrogen) atoms. The molecular formula is C28H29ClN2O3S2. The molecular weight excluding hydrogens is 512 g/mol. The predicted octanol–water partition coefficient (Wildman–Crippen LogP) is 6.32. The number of nitrogens with zero attached hydrogens (tertiary/aromatic N) is 1. The fraction of sp³-hybridized carbons (Fsp3) is 0.286. The molecule has 188 valence electrons. The Labute approximate surface area is 224 Å². The van der Waals surface area contributed by atoms with E-state index in [0.29, 0.717) is 38.2 Å². The van der Waals surface area contributed by atoms with E-state index in [2.05, 4.69) is 12.2 Å². The molecule has 2 amide bonds. The van der Waals surface area contributed by atoms with Crippen molar-refractivity contribution in [3.8, 4) is 0 Å². The zero-order valence-corrected chi connectivity index (χ0v) is 22.6. The van der Waals surface area contributed by atoms with Crippen molar-refractivity contribution in [2.24, 2.45) is 0 Å². The van der Waals surface area contributed by atoms with E-state index in [1.165, 1.54) is 12.8 Å². The molecule has 1 heterocycles. The normalized spacial score (nSPS) is 14.7. The Morgan fingerprint density at radius 3 is 2.61 bits per heavy atom. The van der Waals surface area contributed by atoms with Crippen LogP contribution in [0, 0.1) is 0 Å². The zero-order valence-electron chi connectivity index (χ0n) is 20.2. The molecule has 0 saturated heterocycles. The lowest BCUT2D eigenvalue weighted by Gasteiger charge is -2.23. The van der Waals surface area contributed by atoms with Crippen LogP contribution in [-0.2, 0) is 17.3 Å². The van der Waals surface area contributed by atoms with Crippen LogP contribution in [0.1, 0.15) is 52.5 Å². The van der Waals surface area contributed by atoms with Crippen molar-refractivity contribution in [3.63, 3.8) is 0 Å². The number of unbranched alkanes of at least 4 members (excludes halogenated alkanes) is 1. The lowest BCUT2D eigenvalue weighted by Crippen LogP contribution is -2.31. The average Bonchev–Trinajstić information content (AvgIpc) is 2.97. The summed E-state index contributed by atoms with van der Waals surface area (Å²) in [5.41, 5.74) is 2.12. The minimum Gasteiger partial charge on any atom is -0.352 e. The molecule has 8 heteroatoms. The molecule has 1 atom stereocenters. The molecule has 0 radical (unpaired) electrons. The Bertz CT molecular complexity index is 1280. The van der Waals surface area contributed by atoms with Crippen LogP contribution in [-0.4, -0.2) is 34.1 Å². The maximum absolute atomic E-state index is 13.7. The highest BCUT2D eigenvalue weighted by atomic mass is 35.5. The highest BCUT2D eigenvalue weighted by molar-refractivity contribution is 7.99. The summed E-state index contributed by atoms with van der Waals surface area (Å²) in [6.07, 6.45) is 3.29. The SMILES string of the molecule is CCCCSCCCNC(=O)c1ccc2c(c1)N(Cc1cccc(Cl)c1)C(=O)c1ccccc1[S@]2=O. The standard InChI is InChI=1S/C28H29ClN2O3S2/c1-2-3-15-35-16-7-14-30-27(32)21-12-13-26-24(18-21)31(19-20-8-6-9-22(29)17-20)28(33)23-10-4-5-11-25(23)36(26)34/h4-6,8-13,17-18H,2-3,7,14-16,19H2,1H3,(H,30,32)/t36-/m1/s1. The summed E-state index contributed by atoms with van der Waals surface area (Å²) in [5.74, 6) is 1.67. The second kappa shape index (κ2) is 12.6. The number of fused-ring (bicyclic) bond motifs is 2. The number of hydrogen-bond acceptors (Lipinski definition) is 4. The van der Waals surface area contributed by atoms with Crippen molar-refractivity contribution in [2.45, 2.75) is 42.5 Å². The molecule has 0 aliphatic carbocycles. The Morgan fingerprint density at radius 2 is 1.81 bits per heavy atom. The van der Waals surface area contributed by atoms with Gasteiger partial charge in [-0.2, -0.15) is 11.8 Å². The average molecular weight is 541 g/mol. The molecule has 0 spiro atoms. The fourth-order valence-corrected chi connectivity index (χ4v) is 6.61. The van der Waals surface area contributed by atoms with Gasteiger partial charge in [0.15, 0.2) is 0 Å². The van der Waals surface area contributed by atoms with Crippen LogP contribution >= 0.6 is 23.4 Å². The highest BCUT2D eigenvalue weighted by Crippen LogP contribution is 2.36. The van der Waals surface area contributed by atoms with Crippen molar-refractivity contribution in [1.29, 1.82) is 0 Å². The van der Waals surface area contributed by atoms with Crippen molar-refractivity contribution in [1.82, 2.24) is 5.32 Å². The maximum Gasteiger partial charge on any atom is 0.259 e. The van der Waals surface area contributed by atoms with E-state index in [4.69, 9.17) is 11.6 Å². The quantitative estimate of drug-likeness (QED) is 0.305. The highest BCUT2D eigenvalue weighted by Gasteiger charge is 2.31. The van der Waals surface area contributed by atoms with E-state index in [9.17, 15) is 13.8 Å². The van der Waals surface area contributed by atoms with E-state index in [1.807, 2.05) is 23.9 Å². The van der Waals surface area contributed by atoms with Crippen molar-refractivity contribution >= 4 is 51.7 Å². The summed E-state index contributed by atoms with van der Waals surface area (Å²) in [6, 6.07) is 19.3. The second-order valence-electron chi connectivity index (χ2n) is 8.54. The lowest BCUT2D eigenvalue weighted by molar-refractivity contribution is 0.0950. The predicted molar refractivity (Wildman–Crippen MR) is 149 cm³/mol. The third kappa shape index (κ3) is 6.20. The van der Waals surface area contributed by atoms with Gasteiger partial charge in [0.2, 0.25) is 0 Å². The summed E-state index contributed by atoms with van der Waals surface area (Å²) >= 11 is 8.10. The molecule has 1 aliphatic rings. The van der Waals surface area contributed by atoms with E-state index in [1.54, 1.807) is 59.5 Å². The summed E-state index contributed by atoms with van der Waals surface area (Å²) < 4.78 is 13.5. The number of carbonyl (C=O) groups is 2. The zero-order chi connectivity index (χ0) is 25.5. The Hall–Kier alpha value is -2.61. The molecule has 0 fully saturated rings. The molecule has 0 bridgehead atoms. The monoisotopic (exact) mass is 540 g/mol. The van der Waals surface area contributed by atoms with Crippen LogP contribution in [0.25, 0.3) is 0 Å². The molecule has 3 aromatic rings. The van der Waals surface area contributed by atoms with E-state index >= 15 is 0 Å². The molecule has 5 nitrogen and oxygen atoms in total. The van der Waals surface area contributed by atoms with Gasteiger partial charge < -0.3 is 10.2 Å². The summed E-state index contributed by atoms with van der Waals surface area (Å²) in [7, 11) is -1.57. The number of halogens is 1. The van der Waals surface area contributed by atoms with Gasteiger partial charge in [0.1, 0.15) is 0 Å². The van der Waals surface area contributed by atoms with Crippen molar-refractivity contribution < 1.29 is 13.8 Å². The number of carbonyl (C=O) groups excluding carboxylic acids is 2. The molecule has 0 aromatic heterocycles. The first-order chi connectivity index (χ1) is 17.5. The fourth-order valence-electron chi connectivity index (χ4n) is 4.01. The maximum atomic E-state index is 13.7. The summed E-state index contributed by atoms with van der Waals surface area (Å²) in [5, 5.41) is 3.54. The first-order valence-electron chi connectivity index (χ1n) is 12.1. The van der Waals surface area contributed by atoms with E-state index < -0.39 is 10.8 Å². The minimum atomic E-state index is -1.57. The molecule has 3 aromatic carbocycles. The Kier molecular flexibility index (Phi) is 9.24. The number of nitrogens with one attached hydrogen (secondary N) is 1. The van der Waals surface area contributed by atoms with Gasteiger partial charge in [-0.1, -0.05) is 49.2 Å². The Morgan fingerprint density at radius 1 is 1.00 bits per heavy atom. The first-order valence-corrected chi connectivity index (χ1v) is 14.7. The van der Waals surface area contributed by atoms with Gasteiger partial charge in [0.05, 0.1) is 38.4 Å². The third-order valence-corrected chi connectivity index (χ3v) is 8.79. The number of hydrogen-bond donors (Lipinski definition) is 1. The van der Waals surface area contributed by atoms with Gasteiger partial charge in [-0.3, -0.25) is 9.59 Å². The Balaban J connectivity index is 1.61. The number of benzene rings is 3.